The van der Waals surface area contributed by atoms with E-state index in [1.54, 1.807) is 0 Å². The highest BCUT2D eigenvalue weighted by Crippen LogP contribution is 2.36. The Morgan fingerprint density at radius 1 is 1.50 bits per heavy atom. The zero-order valence-corrected chi connectivity index (χ0v) is 10.0. The second-order valence-electron chi connectivity index (χ2n) is 5.02. The predicted octanol–water partition coefficient (Wildman–Crippen LogP) is 2.03. The normalized spacial score (nSPS) is 37.9. The van der Waals surface area contributed by atoms with Crippen LogP contribution in [-0.4, -0.2) is 23.8 Å². The number of hydrogen-bond donors (Lipinski definition) is 2. The first-order valence-corrected chi connectivity index (χ1v) is 5.95. The fraction of sp³-hybridized carbons (Fsp3) is 1.00. The van der Waals surface area contributed by atoms with Crippen molar-refractivity contribution in [3.05, 3.63) is 0 Å². The third kappa shape index (κ3) is 2.12. The number of aliphatic hydroxyl groups is 1. The first kappa shape index (κ1) is 12.0. The summed E-state index contributed by atoms with van der Waals surface area (Å²) in [5.41, 5.74) is -0.444. The summed E-state index contributed by atoms with van der Waals surface area (Å²) in [4.78, 5) is 0. The minimum atomic E-state index is -0.444. The van der Waals surface area contributed by atoms with Crippen LogP contribution in [0.3, 0.4) is 0 Å². The number of piperidine rings is 1. The van der Waals surface area contributed by atoms with Crippen molar-refractivity contribution < 1.29 is 5.11 Å². The van der Waals surface area contributed by atoms with Gasteiger partial charge in [-0.3, -0.25) is 0 Å². The van der Waals surface area contributed by atoms with E-state index in [-0.39, 0.29) is 0 Å². The van der Waals surface area contributed by atoms with Gasteiger partial charge >= 0.3 is 0 Å². The van der Waals surface area contributed by atoms with Crippen LogP contribution in [0.15, 0.2) is 0 Å². The summed E-state index contributed by atoms with van der Waals surface area (Å²) in [6.07, 6.45) is 2.06. The van der Waals surface area contributed by atoms with Crippen LogP contribution in [0.4, 0.5) is 0 Å². The molecule has 1 aliphatic heterocycles. The Labute approximate surface area is 88.1 Å². The zero-order valence-electron chi connectivity index (χ0n) is 10.0. The van der Waals surface area contributed by atoms with Gasteiger partial charge in [0, 0.05) is 6.54 Å². The molecule has 2 heteroatoms. The van der Waals surface area contributed by atoms with Crippen LogP contribution < -0.4 is 5.32 Å². The van der Waals surface area contributed by atoms with E-state index in [1.807, 2.05) is 0 Å². The molecular weight excluding hydrogens is 174 g/mol. The molecule has 0 aromatic rings. The molecule has 1 aliphatic rings. The molecule has 4 unspecified atom stereocenters. The molecule has 2 N–H and O–H groups in total. The third-order valence-electron chi connectivity index (χ3n) is 4.29. The monoisotopic (exact) mass is 199 g/mol. The SMILES string of the molecule is CCC(C)C(C)C1(O)CCNCC1C. The Kier molecular flexibility index (Phi) is 3.96. The van der Waals surface area contributed by atoms with E-state index in [9.17, 15) is 5.11 Å². The fourth-order valence-electron chi connectivity index (χ4n) is 2.55. The van der Waals surface area contributed by atoms with Gasteiger partial charge in [-0.25, -0.2) is 0 Å². The molecule has 0 bridgehead atoms. The van der Waals surface area contributed by atoms with Crippen molar-refractivity contribution in [3.8, 4) is 0 Å². The molecule has 0 aromatic carbocycles. The van der Waals surface area contributed by atoms with E-state index in [0.29, 0.717) is 17.8 Å². The van der Waals surface area contributed by atoms with Crippen LogP contribution in [0, 0.1) is 17.8 Å². The van der Waals surface area contributed by atoms with Gasteiger partial charge in [-0.2, -0.15) is 0 Å². The van der Waals surface area contributed by atoms with Crippen LogP contribution in [0.5, 0.6) is 0 Å². The van der Waals surface area contributed by atoms with Gasteiger partial charge in [0.25, 0.3) is 0 Å². The lowest BCUT2D eigenvalue weighted by Crippen LogP contribution is -2.54. The average molecular weight is 199 g/mol. The van der Waals surface area contributed by atoms with Gasteiger partial charge in [-0.15, -0.1) is 0 Å². The van der Waals surface area contributed by atoms with Crippen LogP contribution in [0.1, 0.15) is 40.5 Å². The predicted molar refractivity (Wildman–Crippen MR) is 60.2 cm³/mol. The molecule has 1 fully saturated rings. The van der Waals surface area contributed by atoms with Crippen molar-refractivity contribution in [3.63, 3.8) is 0 Å². The number of nitrogens with one attached hydrogen (secondary N) is 1. The lowest BCUT2D eigenvalue weighted by atomic mass is 9.69. The molecule has 1 saturated heterocycles. The van der Waals surface area contributed by atoms with Crippen LogP contribution >= 0.6 is 0 Å². The molecule has 0 aromatic heterocycles. The second kappa shape index (κ2) is 4.63. The van der Waals surface area contributed by atoms with E-state index >= 15 is 0 Å². The molecule has 0 spiro atoms. The van der Waals surface area contributed by atoms with Gasteiger partial charge in [0.1, 0.15) is 0 Å². The van der Waals surface area contributed by atoms with Crippen molar-refractivity contribution in [1.29, 1.82) is 0 Å². The summed E-state index contributed by atoms with van der Waals surface area (Å²) in [6, 6.07) is 0. The summed E-state index contributed by atoms with van der Waals surface area (Å²) in [7, 11) is 0. The largest absolute Gasteiger partial charge is 0.389 e. The Bertz CT molecular complexity index is 183. The Morgan fingerprint density at radius 2 is 2.14 bits per heavy atom. The topological polar surface area (TPSA) is 32.3 Å². The molecule has 1 rings (SSSR count). The lowest BCUT2D eigenvalue weighted by Gasteiger charge is -2.45. The van der Waals surface area contributed by atoms with Gasteiger partial charge in [0.05, 0.1) is 5.60 Å². The maximum absolute atomic E-state index is 10.7. The fourth-order valence-corrected chi connectivity index (χ4v) is 2.55. The standard InChI is InChI=1S/C12H25NO/c1-5-9(2)11(4)12(14)6-7-13-8-10(12)3/h9-11,13-14H,5-8H2,1-4H3. The van der Waals surface area contributed by atoms with Crippen molar-refractivity contribution in [2.24, 2.45) is 17.8 Å². The average Bonchev–Trinajstić information content (AvgIpc) is 2.20. The lowest BCUT2D eigenvalue weighted by molar-refractivity contribution is -0.0926. The second-order valence-corrected chi connectivity index (χ2v) is 5.02. The molecule has 0 amide bonds. The highest BCUT2D eigenvalue weighted by molar-refractivity contribution is 4.94. The molecule has 84 valence electrons. The van der Waals surface area contributed by atoms with Crippen molar-refractivity contribution >= 4 is 0 Å². The smallest absolute Gasteiger partial charge is 0.0725 e. The quantitative estimate of drug-likeness (QED) is 0.729. The zero-order chi connectivity index (χ0) is 10.8. The molecule has 0 aliphatic carbocycles. The molecule has 0 radical (unpaired) electrons. The minimum absolute atomic E-state index is 0.375. The minimum Gasteiger partial charge on any atom is -0.389 e. The first-order chi connectivity index (χ1) is 6.52. The summed E-state index contributed by atoms with van der Waals surface area (Å²) in [6.45, 7) is 10.7. The van der Waals surface area contributed by atoms with Crippen molar-refractivity contribution in [2.45, 2.75) is 46.1 Å². The molecule has 4 atom stereocenters. The molecular formula is C12H25NO. The maximum Gasteiger partial charge on any atom is 0.0725 e. The molecule has 2 nitrogen and oxygen atoms in total. The first-order valence-electron chi connectivity index (χ1n) is 5.95. The van der Waals surface area contributed by atoms with Gasteiger partial charge in [0.2, 0.25) is 0 Å². The summed E-state index contributed by atoms with van der Waals surface area (Å²) < 4.78 is 0. The van der Waals surface area contributed by atoms with Crippen molar-refractivity contribution in [1.82, 2.24) is 5.32 Å². The Morgan fingerprint density at radius 3 is 2.64 bits per heavy atom. The van der Waals surface area contributed by atoms with E-state index in [4.69, 9.17) is 0 Å². The van der Waals surface area contributed by atoms with E-state index < -0.39 is 5.60 Å². The van der Waals surface area contributed by atoms with Gasteiger partial charge in [-0.1, -0.05) is 34.1 Å². The number of hydrogen-bond acceptors (Lipinski definition) is 2. The van der Waals surface area contributed by atoms with E-state index in [2.05, 4.69) is 33.0 Å². The van der Waals surface area contributed by atoms with Gasteiger partial charge in [0.15, 0.2) is 0 Å². The summed E-state index contributed by atoms with van der Waals surface area (Å²) in [5.74, 6) is 1.39. The highest BCUT2D eigenvalue weighted by atomic mass is 16.3. The van der Waals surface area contributed by atoms with Crippen LogP contribution in [0.2, 0.25) is 0 Å². The van der Waals surface area contributed by atoms with Crippen LogP contribution in [0.25, 0.3) is 0 Å². The summed E-state index contributed by atoms with van der Waals surface area (Å²) in [5, 5.41) is 14.0. The highest BCUT2D eigenvalue weighted by Gasteiger charge is 2.42. The maximum atomic E-state index is 10.7. The molecule has 14 heavy (non-hydrogen) atoms. The van der Waals surface area contributed by atoms with E-state index in [0.717, 1.165) is 25.9 Å². The number of rotatable bonds is 3. The van der Waals surface area contributed by atoms with Gasteiger partial charge in [-0.05, 0) is 30.7 Å². The third-order valence-corrected chi connectivity index (χ3v) is 4.29. The summed E-state index contributed by atoms with van der Waals surface area (Å²) >= 11 is 0. The Hall–Kier alpha value is -0.0800. The molecule has 1 heterocycles. The van der Waals surface area contributed by atoms with Crippen molar-refractivity contribution in [2.75, 3.05) is 13.1 Å². The van der Waals surface area contributed by atoms with Gasteiger partial charge < -0.3 is 10.4 Å². The van der Waals surface area contributed by atoms with E-state index in [1.165, 1.54) is 0 Å². The molecule has 0 saturated carbocycles. The Balaban J connectivity index is 2.70. The van der Waals surface area contributed by atoms with Crippen LogP contribution in [-0.2, 0) is 0 Å².